The molecule has 142 valence electrons. The van der Waals surface area contributed by atoms with Crippen molar-refractivity contribution >= 4 is 11.7 Å². The average molecular weight is 357 g/mol. The molecule has 26 heavy (non-hydrogen) atoms. The number of benzene rings is 1. The van der Waals surface area contributed by atoms with Gasteiger partial charge in [0, 0.05) is 32.7 Å². The summed E-state index contributed by atoms with van der Waals surface area (Å²) >= 11 is 0. The van der Waals surface area contributed by atoms with E-state index in [0.29, 0.717) is 0 Å². The quantitative estimate of drug-likeness (QED) is 0.795. The van der Waals surface area contributed by atoms with Crippen LogP contribution in [0.5, 0.6) is 0 Å². The van der Waals surface area contributed by atoms with Crippen LogP contribution in [0.4, 0.5) is 4.79 Å². The monoisotopic (exact) mass is 356 g/mol. The van der Waals surface area contributed by atoms with Crippen molar-refractivity contribution in [2.75, 3.05) is 32.7 Å². The van der Waals surface area contributed by atoms with Crippen LogP contribution < -0.4 is 0 Å². The number of hydrogen-bond acceptors (Lipinski definition) is 3. The van der Waals surface area contributed by atoms with Gasteiger partial charge in [-0.2, -0.15) is 0 Å². The van der Waals surface area contributed by atoms with Crippen molar-refractivity contribution in [3.05, 3.63) is 41.5 Å². The molecule has 0 spiro atoms. The van der Waals surface area contributed by atoms with Crippen molar-refractivity contribution in [1.82, 2.24) is 9.80 Å². The summed E-state index contributed by atoms with van der Waals surface area (Å²) in [5, 5.41) is 0. The molecule has 0 atom stereocenters. The lowest BCUT2D eigenvalue weighted by Gasteiger charge is -2.36. The lowest BCUT2D eigenvalue weighted by Crippen LogP contribution is -2.50. The largest absolute Gasteiger partial charge is 0.444 e. The van der Waals surface area contributed by atoms with Gasteiger partial charge >= 0.3 is 6.09 Å². The number of ether oxygens (including phenoxy) is 1. The molecule has 1 heterocycles. The van der Waals surface area contributed by atoms with Gasteiger partial charge in [-0.25, -0.2) is 4.79 Å². The minimum absolute atomic E-state index is 0.181. The Morgan fingerprint density at radius 3 is 2.31 bits per heavy atom. The Bertz CT molecular complexity index is 638. The molecule has 0 N–H and O–H groups in total. The lowest BCUT2D eigenvalue weighted by atomic mass is 9.87. The summed E-state index contributed by atoms with van der Waals surface area (Å²) < 4.78 is 5.50. The predicted octanol–water partition coefficient (Wildman–Crippen LogP) is 4.57. The molecule has 1 aliphatic carbocycles. The Morgan fingerprint density at radius 1 is 1.00 bits per heavy atom. The highest BCUT2D eigenvalue weighted by Crippen LogP contribution is 2.32. The molecule has 1 aliphatic heterocycles. The van der Waals surface area contributed by atoms with Gasteiger partial charge in [-0.1, -0.05) is 35.9 Å². The average Bonchev–Trinajstić information content (AvgIpc) is 2.62. The second-order valence-corrected chi connectivity index (χ2v) is 8.40. The van der Waals surface area contributed by atoms with Gasteiger partial charge in [0.15, 0.2) is 0 Å². The van der Waals surface area contributed by atoms with Crippen LogP contribution in [0.3, 0.4) is 0 Å². The van der Waals surface area contributed by atoms with Crippen LogP contribution in [0.25, 0.3) is 5.57 Å². The van der Waals surface area contributed by atoms with Gasteiger partial charge in [0.25, 0.3) is 0 Å². The van der Waals surface area contributed by atoms with Gasteiger partial charge in [0.1, 0.15) is 5.60 Å². The molecule has 3 rings (SSSR count). The molecule has 1 amide bonds. The van der Waals surface area contributed by atoms with Gasteiger partial charge < -0.3 is 9.64 Å². The van der Waals surface area contributed by atoms with Gasteiger partial charge in [-0.3, -0.25) is 4.90 Å². The molecule has 4 heteroatoms. The minimum Gasteiger partial charge on any atom is -0.444 e. The van der Waals surface area contributed by atoms with Crippen LogP contribution in [0.2, 0.25) is 0 Å². The molecule has 1 saturated heterocycles. The Kier molecular flexibility index (Phi) is 6.02. The molecule has 1 aromatic rings. The standard InChI is InChI=1S/C22H32N2O2/c1-22(2,3)26-21(25)24-15-13-23(14-16-24)17-19-11-7-8-12-20(19)18-9-5-4-6-10-18/h4-6,9-10H,7-8,11-17H2,1-3H3. The fraction of sp³-hybridized carbons (Fsp3) is 0.591. The molecule has 2 aliphatic rings. The summed E-state index contributed by atoms with van der Waals surface area (Å²) in [5.74, 6) is 0. The molecular weight excluding hydrogens is 324 g/mol. The fourth-order valence-electron chi connectivity index (χ4n) is 3.82. The minimum atomic E-state index is -0.425. The van der Waals surface area contributed by atoms with Crippen LogP contribution >= 0.6 is 0 Å². The highest BCUT2D eigenvalue weighted by molar-refractivity contribution is 5.70. The first-order valence-electron chi connectivity index (χ1n) is 9.89. The zero-order valence-electron chi connectivity index (χ0n) is 16.5. The van der Waals surface area contributed by atoms with E-state index in [1.807, 2.05) is 25.7 Å². The Labute approximate surface area is 157 Å². The van der Waals surface area contributed by atoms with E-state index in [0.717, 1.165) is 32.7 Å². The third-order valence-electron chi connectivity index (χ3n) is 5.14. The van der Waals surface area contributed by atoms with E-state index in [1.54, 1.807) is 11.1 Å². The summed E-state index contributed by atoms with van der Waals surface area (Å²) in [6, 6.07) is 10.8. The van der Waals surface area contributed by atoms with E-state index in [1.165, 1.54) is 31.2 Å². The Morgan fingerprint density at radius 2 is 1.65 bits per heavy atom. The first-order chi connectivity index (χ1) is 12.4. The van der Waals surface area contributed by atoms with E-state index in [4.69, 9.17) is 4.74 Å². The molecule has 0 bridgehead atoms. The highest BCUT2D eigenvalue weighted by atomic mass is 16.6. The fourth-order valence-corrected chi connectivity index (χ4v) is 3.82. The number of rotatable bonds is 3. The number of piperazine rings is 1. The van der Waals surface area contributed by atoms with Gasteiger partial charge in [-0.05, 0) is 57.6 Å². The van der Waals surface area contributed by atoms with Gasteiger partial charge in [-0.15, -0.1) is 0 Å². The summed E-state index contributed by atoms with van der Waals surface area (Å²) in [7, 11) is 0. The second-order valence-electron chi connectivity index (χ2n) is 8.40. The Balaban J connectivity index is 1.60. The topological polar surface area (TPSA) is 32.8 Å². The molecule has 0 aromatic heterocycles. The second kappa shape index (κ2) is 8.26. The van der Waals surface area contributed by atoms with E-state index in [9.17, 15) is 4.79 Å². The molecule has 1 aromatic carbocycles. The zero-order valence-corrected chi connectivity index (χ0v) is 16.5. The molecular formula is C22H32N2O2. The number of carbonyl (C=O) groups is 1. The van der Waals surface area contributed by atoms with Crippen molar-refractivity contribution in [3.8, 4) is 0 Å². The maximum atomic E-state index is 12.2. The van der Waals surface area contributed by atoms with Gasteiger partial charge in [0.05, 0.1) is 0 Å². The number of carbonyl (C=O) groups excluding carboxylic acids is 1. The molecule has 0 unspecified atom stereocenters. The molecule has 0 radical (unpaired) electrons. The summed E-state index contributed by atoms with van der Waals surface area (Å²) in [6.45, 7) is 10.1. The normalized spacial score (nSPS) is 19.6. The van der Waals surface area contributed by atoms with Crippen LogP contribution in [0.1, 0.15) is 52.0 Å². The third-order valence-corrected chi connectivity index (χ3v) is 5.14. The maximum absolute atomic E-state index is 12.2. The predicted molar refractivity (Wildman–Crippen MR) is 106 cm³/mol. The highest BCUT2D eigenvalue weighted by Gasteiger charge is 2.26. The first-order valence-corrected chi connectivity index (χ1v) is 9.89. The first kappa shape index (κ1) is 19.0. The van der Waals surface area contributed by atoms with Gasteiger partial charge in [0.2, 0.25) is 0 Å². The molecule has 4 nitrogen and oxygen atoms in total. The van der Waals surface area contributed by atoms with Crippen LogP contribution in [0, 0.1) is 0 Å². The van der Waals surface area contributed by atoms with E-state index in [2.05, 4.69) is 35.2 Å². The van der Waals surface area contributed by atoms with Crippen molar-refractivity contribution in [2.45, 2.75) is 52.1 Å². The summed E-state index contributed by atoms with van der Waals surface area (Å²) in [6.07, 6.45) is 4.80. The summed E-state index contributed by atoms with van der Waals surface area (Å²) in [5.41, 5.74) is 4.10. The van der Waals surface area contributed by atoms with E-state index in [-0.39, 0.29) is 6.09 Å². The summed E-state index contributed by atoms with van der Waals surface area (Å²) in [4.78, 5) is 16.6. The number of hydrogen-bond donors (Lipinski definition) is 0. The van der Waals surface area contributed by atoms with Crippen LogP contribution in [0.15, 0.2) is 35.9 Å². The smallest absolute Gasteiger partial charge is 0.410 e. The van der Waals surface area contributed by atoms with Crippen molar-refractivity contribution in [1.29, 1.82) is 0 Å². The molecule has 1 fully saturated rings. The SMILES string of the molecule is CC(C)(C)OC(=O)N1CCN(CC2=C(c3ccccc3)CCCC2)CC1. The molecule has 0 saturated carbocycles. The van der Waals surface area contributed by atoms with E-state index >= 15 is 0 Å². The number of nitrogens with zero attached hydrogens (tertiary/aromatic N) is 2. The Hall–Kier alpha value is -1.81. The zero-order chi connectivity index (χ0) is 18.6. The maximum Gasteiger partial charge on any atom is 0.410 e. The third kappa shape index (κ3) is 5.10. The number of allylic oxidation sites excluding steroid dienone is 1. The van der Waals surface area contributed by atoms with Crippen LogP contribution in [-0.2, 0) is 4.74 Å². The lowest BCUT2D eigenvalue weighted by molar-refractivity contribution is 0.0152. The van der Waals surface area contributed by atoms with Crippen LogP contribution in [-0.4, -0.2) is 54.2 Å². The van der Waals surface area contributed by atoms with Crippen molar-refractivity contribution < 1.29 is 9.53 Å². The van der Waals surface area contributed by atoms with E-state index < -0.39 is 5.60 Å². The van der Waals surface area contributed by atoms with Crippen molar-refractivity contribution in [3.63, 3.8) is 0 Å². The number of amides is 1. The van der Waals surface area contributed by atoms with Crippen molar-refractivity contribution in [2.24, 2.45) is 0 Å².